The lowest BCUT2D eigenvalue weighted by Crippen LogP contribution is -2.20. The van der Waals surface area contributed by atoms with Crippen LogP contribution in [0.3, 0.4) is 0 Å². The van der Waals surface area contributed by atoms with E-state index in [4.69, 9.17) is 10.2 Å². The van der Waals surface area contributed by atoms with Crippen LogP contribution in [0.15, 0.2) is 0 Å². The van der Waals surface area contributed by atoms with Crippen LogP contribution < -0.4 is 0 Å². The monoisotopic (exact) mass is 170 g/mol. The van der Waals surface area contributed by atoms with Gasteiger partial charge in [0, 0.05) is 0 Å². The van der Waals surface area contributed by atoms with E-state index in [1.165, 1.54) is 0 Å². The lowest BCUT2D eigenvalue weighted by molar-refractivity contribution is -0.144. The van der Waals surface area contributed by atoms with Crippen molar-refractivity contribution >= 4 is 11.9 Å². The second-order valence-electron chi connectivity index (χ2n) is 3.72. The summed E-state index contributed by atoms with van der Waals surface area (Å²) < 4.78 is 0. The molecule has 2 atom stereocenters. The molecule has 12 heavy (non-hydrogen) atoms. The first-order chi connectivity index (χ1) is 5.59. The van der Waals surface area contributed by atoms with Crippen molar-refractivity contribution in [1.82, 2.24) is 0 Å². The zero-order chi connectivity index (χ0) is 8.93. The molecule has 0 aromatic carbocycles. The Morgan fingerprint density at radius 2 is 1.50 bits per heavy atom. The molecule has 2 aliphatic carbocycles. The third kappa shape index (κ3) is 0.673. The fourth-order valence-electron chi connectivity index (χ4n) is 2.48. The fourth-order valence-corrected chi connectivity index (χ4v) is 2.48. The Balaban J connectivity index is 2.17. The van der Waals surface area contributed by atoms with Crippen molar-refractivity contribution in [3.8, 4) is 0 Å². The predicted molar refractivity (Wildman–Crippen MR) is 38.5 cm³/mol. The van der Waals surface area contributed by atoms with Gasteiger partial charge in [0.1, 0.15) is 0 Å². The van der Waals surface area contributed by atoms with Crippen molar-refractivity contribution in [3.05, 3.63) is 0 Å². The average molecular weight is 170 g/mol. The summed E-state index contributed by atoms with van der Waals surface area (Å²) in [7, 11) is 0. The molecule has 0 bridgehead atoms. The molecule has 0 heterocycles. The Kier molecular flexibility index (Phi) is 1.26. The van der Waals surface area contributed by atoms with Crippen LogP contribution in [0.1, 0.15) is 19.3 Å². The third-order valence-electron chi connectivity index (χ3n) is 3.28. The highest BCUT2D eigenvalue weighted by Gasteiger charge is 2.73. The van der Waals surface area contributed by atoms with E-state index in [9.17, 15) is 9.59 Å². The Labute approximate surface area is 69.2 Å². The van der Waals surface area contributed by atoms with E-state index in [0.717, 1.165) is 19.3 Å². The molecule has 0 unspecified atom stereocenters. The van der Waals surface area contributed by atoms with E-state index in [0.29, 0.717) is 0 Å². The summed E-state index contributed by atoms with van der Waals surface area (Å²) in [6, 6.07) is 0. The molecule has 0 aliphatic heterocycles. The summed E-state index contributed by atoms with van der Waals surface area (Å²) in [6.45, 7) is 0. The lowest BCUT2D eigenvalue weighted by Gasteiger charge is -2.26. The number of rotatable bonds is 2. The van der Waals surface area contributed by atoms with Gasteiger partial charge in [-0.15, -0.1) is 0 Å². The second kappa shape index (κ2) is 2.00. The molecule has 4 nitrogen and oxygen atoms in total. The molecular formula is C8H10O4. The maximum atomic E-state index is 10.6. The molecular weight excluding hydrogens is 160 g/mol. The highest BCUT2D eigenvalue weighted by Crippen LogP contribution is 2.70. The average Bonchev–Trinajstić information content (AvgIpc) is 2.53. The summed E-state index contributed by atoms with van der Waals surface area (Å²) in [5.74, 6) is -3.10. The minimum atomic E-state index is -0.942. The SMILES string of the molecule is O=C(O)[C@@H]1[C@H](C(=O)O)C12CCC2. The summed E-state index contributed by atoms with van der Waals surface area (Å²) in [6.07, 6.45) is 2.54. The smallest absolute Gasteiger partial charge is 0.307 e. The van der Waals surface area contributed by atoms with Gasteiger partial charge in [-0.25, -0.2) is 0 Å². The topological polar surface area (TPSA) is 74.6 Å². The maximum Gasteiger partial charge on any atom is 0.307 e. The van der Waals surface area contributed by atoms with Crippen molar-refractivity contribution in [2.24, 2.45) is 17.3 Å². The Hall–Kier alpha value is -1.06. The fraction of sp³-hybridized carbons (Fsp3) is 0.750. The molecule has 0 aromatic heterocycles. The third-order valence-corrected chi connectivity index (χ3v) is 3.28. The van der Waals surface area contributed by atoms with E-state index in [1.807, 2.05) is 0 Å². The van der Waals surface area contributed by atoms with Gasteiger partial charge >= 0.3 is 11.9 Å². The summed E-state index contributed by atoms with van der Waals surface area (Å²) in [5, 5.41) is 17.4. The van der Waals surface area contributed by atoms with Crippen LogP contribution in [0.25, 0.3) is 0 Å². The quantitative estimate of drug-likeness (QED) is 0.635. The van der Waals surface area contributed by atoms with Crippen molar-refractivity contribution in [2.75, 3.05) is 0 Å². The molecule has 2 fully saturated rings. The normalized spacial score (nSPS) is 35.7. The number of carbonyl (C=O) groups is 2. The Bertz CT molecular complexity index is 232. The largest absolute Gasteiger partial charge is 0.481 e. The van der Waals surface area contributed by atoms with Gasteiger partial charge in [-0.1, -0.05) is 6.42 Å². The van der Waals surface area contributed by atoms with Crippen molar-refractivity contribution < 1.29 is 19.8 Å². The molecule has 2 rings (SSSR count). The second-order valence-corrected chi connectivity index (χ2v) is 3.72. The van der Waals surface area contributed by atoms with Crippen LogP contribution in [0.4, 0.5) is 0 Å². The molecule has 0 radical (unpaired) electrons. The Morgan fingerprint density at radius 3 is 1.58 bits per heavy atom. The van der Waals surface area contributed by atoms with Crippen LogP contribution in [-0.2, 0) is 9.59 Å². The molecule has 1 spiro atoms. The van der Waals surface area contributed by atoms with Gasteiger partial charge in [0.2, 0.25) is 0 Å². The summed E-state index contributed by atoms with van der Waals surface area (Å²) >= 11 is 0. The molecule has 2 N–H and O–H groups in total. The van der Waals surface area contributed by atoms with Gasteiger partial charge in [-0.3, -0.25) is 9.59 Å². The van der Waals surface area contributed by atoms with Gasteiger partial charge < -0.3 is 10.2 Å². The van der Waals surface area contributed by atoms with E-state index >= 15 is 0 Å². The minimum absolute atomic E-state index is 0.350. The van der Waals surface area contributed by atoms with E-state index < -0.39 is 23.8 Å². The van der Waals surface area contributed by atoms with Gasteiger partial charge in [-0.2, -0.15) is 0 Å². The first kappa shape index (κ1) is 7.58. The summed E-state index contributed by atoms with van der Waals surface area (Å²) in [5.41, 5.74) is -0.350. The number of carboxylic acids is 2. The molecule has 2 aliphatic rings. The van der Waals surface area contributed by atoms with Crippen LogP contribution in [-0.4, -0.2) is 22.2 Å². The van der Waals surface area contributed by atoms with Crippen molar-refractivity contribution in [1.29, 1.82) is 0 Å². The number of hydrogen-bond donors (Lipinski definition) is 2. The van der Waals surface area contributed by atoms with E-state index in [-0.39, 0.29) is 5.41 Å². The van der Waals surface area contributed by atoms with E-state index in [1.54, 1.807) is 0 Å². The van der Waals surface area contributed by atoms with Gasteiger partial charge in [0.15, 0.2) is 0 Å². The number of aliphatic carboxylic acids is 2. The standard InChI is InChI=1S/C8H10O4/c9-6(10)4-5(7(11)12)8(4)2-1-3-8/h4-5H,1-3H2,(H,9,10)(H,11,12)/t4-,5+. The predicted octanol–water partition coefficient (Wildman–Crippen LogP) is 0.572. The van der Waals surface area contributed by atoms with Crippen molar-refractivity contribution in [3.63, 3.8) is 0 Å². The molecule has 4 heteroatoms. The van der Waals surface area contributed by atoms with Crippen molar-refractivity contribution in [2.45, 2.75) is 19.3 Å². The van der Waals surface area contributed by atoms with Gasteiger partial charge in [0.05, 0.1) is 11.8 Å². The number of hydrogen-bond acceptors (Lipinski definition) is 2. The maximum absolute atomic E-state index is 10.6. The first-order valence-electron chi connectivity index (χ1n) is 4.05. The molecule has 0 saturated heterocycles. The first-order valence-corrected chi connectivity index (χ1v) is 4.05. The minimum Gasteiger partial charge on any atom is -0.481 e. The number of carboxylic acid groups (broad SMARTS) is 2. The molecule has 0 amide bonds. The molecule has 2 saturated carbocycles. The van der Waals surface area contributed by atoms with Gasteiger partial charge in [-0.05, 0) is 18.3 Å². The molecule has 66 valence electrons. The van der Waals surface area contributed by atoms with E-state index in [2.05, 4.69) is 0 Å². The van der Waals surface area contributed by atoms with Crippen LogP contribution in [0.2, 0.25) is 0 Å². The Morgan fingerprint density at radius 1 is 1.08 bits per heavy atom. The molecule has 0 aromatic rings. The van der Waals surface area contributed by atoms with Crippen LogP contribution >= 0.6 is 0 Å². The zero-order valence-electron chi connectivity index (χ0n) is 6.49. The van der Waals surface area contributed by atoms with Crippen LogP contribution in [0, 0.1) is 17.3 Å². The zero-order valence-corrected chi connectivity index (χ0v) is 6.49. The lowest BCUT2D eigenvalue weighted by atomic mass is 9.78. The van der Waals surface area contributed by atoms with Crippen LogP contribution in [0.5, 0.6) is 0 Å². The highest BCUT2D eigenvalue weighted by molar-refractivity contribution is 5.88. The van der Waals surface area contributed by atoms with Gasteiger partial charge in [0.25, 0.3) is 0 Å². The summed E-state index contributed by atoms with van der Waals surface area (Å²) in [4.78, 5) is 21.2. The highest BCUT2D eigenvalue weighted by atomic mass is 16.4.